The van der Waals surface area contributed by atoms with E-state index in [4.69, 9.17) is 9.47 Å². The van der Waals surface area contributed by atoms with E-state index in [1.807, 2.05) is 41.3 Å². The first-order valence-electron chi connectivity index (χ1n) is 13.1. The maximum atomic E-state index is 11.9. The van der Waals surface area contributed by atoms with Gasteiger partial charge in [-0.2, -0.15) is 0 Å². The maximum Gasteiger partial charge on any atom is 0.222 e. The number of ether oxygens (including phenoxy) is 2. The summed E-state index contributed by atoms with van der Waals surface area (Å²) in [5, 5.41) is 11.1. The van der Waals surface area contributed by atoms with Crippen molar-refractivity contribution < 1.29 is 19.4 Å². The molecule has 1 atom stereocenters. The first kappa shape index (κ1) is 25.5. The van der Waals surface area contributed by atoms with Crippen molar-refractivity contribution in [2.24, 2.45) is 0 Å². The van der Waals surface area contributed by atoms with Gasteiger partial charge in [-0.05, 0) is 81.8 Å². The van der Waals surface area contributed by atoms with Crippen LogP contribution in [0.5, 0.6) is 11.5 Å². The van der Waals surface area contributed by atoms with E-state index < -0.39 is 5.60 Å². The molecule has 1 unspecified atom stereocenters. The van der Waals surface area contributed by atoms with Crippen LogP contribution in [0.4, 0.5) is 0 Å². The molecule has 2 aliphatic heterocycles. The molecule has 1 amide bonds. The number of rotatable bonds is 10. The predicted molar refractivity (Wildman–Crippen MR) is 138 cm³/mol. The van der Waals surface area contributed by atoms with Gasteiger partial charge < -0.3 is 19.5 Å². The summed E-state index contributed by atoms with van der Waals surface area (Å²) in [6, 6.07) is 16.3. The second kappa shape index (κ2) is 12.4. The van der Waals surface area contributed by atoms with Gasteiger partial charge in [-0.3, -0.25) is 9.69 Å². The molecule has 0 bridgehead atoms. The number of nitrogens with zero attached hydrogens (tertiary/aromatic N) is 2. The lowest BCUT2D eigenvalue weighted by atomic mass is 9.96. The Morgan fingerprint density at radius 1 is 0.886 bits per heavy atom. The molecular formula is C29H40N2O4. The fourth-order valence-corrected chi connectivity index (χ4v) is 4.88. The van der Waals surface area contributed by atoms with Crippen LogP contribution in [-0.2, 0) is 11.3 Å². The van der Waals surface area contributed by atoms with Gasteiger partial charge in [-0.15, -0.1) is 0 Å². The lowest BCUT2D eigenvalue weighted by Gasteiger charge is -2.27. The second-order valence-corrected chi connectivity index (χ2v) is 10.1. The number of carbonyl (C=O) groups excluding carboxylic acids is 1. The minimum Gasteiger partial charge on any atom is -0.494 e. The molecule has 0 spiro atoms. The van der Waals surface area contributed by atoms with Crippen molar-refractivity contribution in [2.45, 2.75) is 64.0 Å². The van der Waals surface area contributed by atoms with Gasteiger partial charge in [0.05, 0.1) is 12.2 Å². The van der Waals surface area contributed by atoms with Crippen LogP contribution in [-0.4, -0.2) is 65.8 Å². The van der Waals surface area contributed by atoms with Gasteiger partial charge in [0.25, 0.3) is 0 Å². The number of likely N-dealkylation sites (tertiary alicyclic amines) is 2. The van der Waals surface area contributed by atoms with Gasteiger partial charge in [-0.1, -0.05) is 29.8 Å². The summed E-state index contributed by atoms with van der Waals surface area (Å²) in [6.07, 6.45) is 6.11. The monoisotopic (exact) mass is 480 g/mol. The summed E-state index contributed by atoms with van der Waals surface area (Å²) in [4.78, 5) is 16.3. The highest BCUT2D eigenvalue weighted by Crippen LogP contribution is 2.25. The largest absolute Gasteiger partial charge is 0.494 e. The first-order chi connectivity index (χ1) is 17.0. The molecule has 190 valence electrons. The number of aliphatic hydroxyl groups is 1. The Morgan fingerprint density at radius 2 is 1.63 bits per heavy atom. The second-order valence-electron chi connectivity index (χ2n) is 10.1. The van der Waals surface area contributed by atoms with E-state index in [0.717, 1.165) is 76.3 Å². The van der Waals surface area contributed by atoms with E-state index >= 15 is 0 Å². The average molecular weight is 481 g/mol. The number of hydrogen-bond donors (Lipinski definition) is 1. The van der Waals surface area contributed by atoms with E-state index in [1.54, 1.807) is 0 Å². The Morgan fingerprint density at radius 3 is 2.40 bits per heavy atom. The quantitative estimate of drug-likeness (QED) is 0.505. The summed E-state index contributed by atoms with van der Waals surface area (Å²) in [6.45, 7) is 7.38. The number of amides is 1. The van der Waals surface area contributed by atoms with E-state index in [-0.39, 0.29) is 5.91 Å². The summed E-state index contributed by atoms with van der Waals surface area (Å²) < 4.78 is 11.8. The summed E-state index contributed by atoms with van der Waals surface area (Å²) >= 11 is 0. The van der Waals surface area contributed by atoms with Gasteiger partial charge >= 0.3 is 0 Å². The first-order valence-corrected chi connectivity index (χ1v) is 13.1. The molecule has 0 saturated carbocycles. The third-order valence-electron chi connectivity index (χ3n) is 7.13. The van der Waals surface area contributed by atoms with Crippen LogP contribution in [0.3, 0.4) is 0 Å². The van der Waals surface area contributed by atoms with Gasteiger partial charge in [0, 0.05) is 32.6 Å². The van der Waals surface area contributed by atoms with Crippen LogP contribution >= 0.6 is 0 Å². The fourth-order valence-electron chi connectivity index (χ4n) is 4.88. The van der Waals surface area contributed by atoms with Crippen molar-refractivity contribution in [1.82, 2.24) is 9.80 Å². The van der Waals surface area contributed by atoms with Crippen molar-refractivity contribution in [3.05, 3.63) is 59.7 Å². The predicted octanol–water partition coefficient (Wildman–Crippen LogP) is 4.57. The molecule has 2 saturated heterocycles. The van der Waals surface area contributed by atoms with Crippen LogP contribution < -0.4 is 9.47 Å². The lowest BCUT2D eigenvalue weighted by molar-refractivity contribution is -0.133. The highest BCUT2D eigenvalue weighted by atomic mass is 16.5. The molecule has 0 aromatic heterocycles. The summed E-state index contributed by atoms with van der Waals surface area (Å²) in [5.74, 6) is 1.97. The Hall–Kier alpha value is -2.57. The van der Waals surface area contributed by atoms with Gasteiger partial charge in [-0.25, -0.2) is 0 Å². The molecule has 1 N–H and O–H groups in total. The number of carbonyl (C=O) groups is 1. The topological polar surface area (TPSA) is 62.2 Å². The molecule has 2 aliphatic rings. The number of benzene rings is 2. The normalized spacial score (nSPS) is 21.5. The Balaban J connectivity index is 1.17. The minimum atomic E-state index is -0.782. The van der Waals surface area contributed by atoms with Crippen LogP contribution in [0.15, 0.2) is 48.5 Å². The molecule has 2 fully saturated rings. The van der Waals surface area contributed by atoms with Crippen LogP contribution in [0, 0.1) is 6.92 Å². The van der Waals surface area contributed by atoms with Crippen LogP contribution in [0.25, 0.3) is 0 Å². The summed E-state index contributed by atoms with van der Waals surface area (Å²) in [5.41, 5.74) is 1.67. The number of piperidine rings is 1. The molecule has 2 aromatic rings. The van der Waals surface area contributed by atoms with Gasteiger partial charge in [0.15, 0.2) is 0 Å². The molecule has 0 radical (unpaired) electrons. The molecule has 2 aromatic carbocycles. The van der Waals surface area contributed by atoms with Crippen molar-refractivity contribution in [1.29, 1.82) is 0 Å². The Kier molecular flexibility index (Phi) is 9.05. The SMILES string of the molecule is Cc1ccc(OCC2(O)CCCN(Cc3ccc(OCCCN4CCCCC4=O)cc3)CC2)cc1. The maximum absolute atomic E-state index is 11.9. The van der Waals surface area contributed by atoms with E-state index in [9.17, 15) is 9.90 Å². The van der Waals surface area contributed by atoms with Crippen molar-refractivity contribution in [3.8, 4) is 11.5 Å². The minimum absolute atomic E-state index is 0.284. The molecule has 35 heavy (non-hydrogen) atoms. The molecule has 6 heteroatoms. The number of aryl methyl sites for hydroxylation is 1. The van der Waals surface area contributed by atoms with Crippen LogP contribution in [0.2, 0.25) is 0 Å². The number of hydrogen-bond acceptors (Lipinski definition) is 5. The highest BCUT2D eigenvalue weighted by Gasteiger charge is 2.31. The zero-order valence-electron chi connectivity index (χ0n) is 21.1. The third kappa shape index (κ3) is 7.97. The standard InChI is InChI=1S/C29H40N2O4/c1-24-7-11-27(12-8-24)35-23-29(33)15-4-17-30(20-16-29)22-25-9-13-26(14-10-25)34-21-5-19-31-18-3-2-6-28(31)32/h7-14,33H,2-6,15-23H2,1H3. The lowest BCUT2D eigenvalue weighted by Crippen LogP contribution is -2.37. The zero-order valence-corrected chi connectivity index (χ0v) is 21.1. The molecule has 6 nitrogen and oxygen atoms in total. The van der Waals surface area contributed by atoms with E-state index in [1.165, 1.54) is 11.1 Å². The molecule has 4 rings (SSSR count). The fraction of sp³-hybridized carbons (Fsp3) is 0.552. The van der Waals surface area contributed by atoms with Gasteiger partial charge in [0.2, 0.25) is 5.91 Å². The van der Waals surface area contributed by atoms with Crippen molar-refractivity contribution in [3.63, 3.8) is 0 Å². The van der Waals surface area contributed by atoms with E-state index in [2.05, 4.69) is 24.0 Å². The molecule has 2 heterocycles. The molecule has 0 aliphatic carbocycles. The van der Waals surface area contributed by atoms with Gasteiger partial charge in [0.1, 0.15) is 18.1 Å². The third-order valence-corrected chi connectivity index (χ3v) is 7.13. The summed E-state index contributed by atoms with van der Waals surface area (Å²) in [7, 11) is 0. The Bertz CT molecular complexity index is 931. The smallest absolute Gasteiger partial charge is 0.222 e. The highest BCUT2D eigenvalue weighted by molar-refractivity contribution is 5.76. The van der Waals surface area contributed by atoms with E-state index in [0.29, 0.717) is 26.1 Å². The Labute approximate surface area is 209 Å². The zero-order chi connectivity index (χ0) is 24.5. The van der Waals surface area contributed by atoms with Crippen molar-refractivity contribution >= 4 is 5.91 Å². The van der Waals surface area contributed by atoms with Crippen molar-refractivity contribution in [2.75, 3.05) is 39.4 Å². The molecular weight excluding hydrogens is 440 g/mol. The average Bonchev–Trinajstić information content (AvgIpc) is 3.05. The van der Waals surface area contributed by atoms with Crippen LogP contribution in [0.1, 0.15) is 56.1 Å².